The molecule has 0 saturated carbocycles. The van der Waals surface area contributed by atoms with E-state index in [0.29, 0.717) is 22.2 Å². The van der Waals surface area contributed by atoms with Gasteiger partial charge in [-0.15, -0.1) is 11.3 Å². The number of carbonyl (C=O) groups is 1. The molecule has 1 aliphatic carbocycles. The van der Waals surface area contributed by atoms with Gasteiger partial charge in [0.1, 0.15) is 22.6 Å². The number of nitrogens with zero attached hydrogens (tertiary/aromatic N) is 1. The zero-order valence-electron chi connectivity index (χ0n) is 18.1. The van der Waals surface area contributed by atoms with Crippen LogP contribution < -0.4 is 5.32 Å². The molecule has 1 unspecified atom stereocenters. The lowest BCUT2D eigenvalue weighted by Gasteiger charge is -2.33. The predicted octanol–water partition coefficient (Wildman–Crippen LogP) is 6.68. The van der Waals surface area contributed by atoms with Gasteiger partial charge >= 0.3 is 0 Å². The lowest BCUT2D eigenvalue weighted by atomic mass is 9.72. The quantitative estimate of drug-likeness (QED) is 0.469. The Kier molecular flexibility index (Phi) is 5.84. The number of amides is 1. The molecule has 1 aromatic carbocycles. The molecule has 0 spiro atoms. The Labute approximate surface area is 187 Å². The minimum absolute atomic E-state index is 0.238. The summed E-state index contributed by atoms with van der Waals surface area (Å²) in [5.41, 5.74) is 2.97. The SMILES string of the molecule is CC(C)(C)C1CCc2c(sc(NC(=O)/C=C/c3ccc(-c4ccccc4)o3)c2C#N)C1. The first kappa shape index (κ1) is 21.1. The van der Waals surface area contributed by atoms with Gasteiger partial charge in [0, 0.05) is 16.5 Å². The van der Waals surface area contributed by atoms with Gasteiger partial charge < -0.3 is 9.73 Å². The third-order valence-electron chi connectivity index (χ3n) is 5.92. The average Bonchev–Trinajstić information content (AvgIpc) is 3.36. The third-order valence-corrected chi connectivity index (χ3v) is 7.09. The highest BCUT2D eigenvalue weighted by Gasteiger charge is 2.32. The summed E-state index contributed by atoms with van der Waals surface area (Å²) in [6.07, 6.45) is 6.05. The topological polar surface area (TPSA) is 66.0 Å². The maximum atomic E-state index is 12.5. The summed E-state index contributed by atoms with van der Waals surface area (Å²) >= 11 is 1.55. The number of hydrogen-bond donors (Lipinski definition) is 1. The van der Waals surface area contributed by atoms with Crippen LogP contribution in [0.1, 0.15) is 49.0 Å². The summed E-state index contributed by atoms with van der Waals surface area (Å²) in [7, 11) is 0. The summed E-state index contributed by atoms with van der Waals surface area (Å²) in [5.74, 6) is 1.69. The molecular formula is C26H26N2O2S. The minimum atomic E-state index is -0.264. The van der Waals surface area contributed by atoms with E-state index in [2.05, 4.69) is 32.2 Å². The Morgan fingerprint density at radius 1 is 1.23 bits per heavy atom. The first-order valence-corrected chi connectivity index (χ1v) is 11.4. The van der Waals surface area contributed by atoms with Crippen LogP contribution >= 0.6 is 11.3 Å². The number of hydrogen-bond acceptors (Lipinski definition) is 4. The van der Waals surface area contributed by atoms with Gasteiger partial charge in [-0.2, -0.15) is 5.26 Å². The molecule has 4 nitrogen and oxygen atoms in total. The molecule has 0 aliphatic heterocycles. The van der Waals surface area contributed by atoms with Gasteiger partial charge in [0.05, 0.1) is 5.56 Å². The average molecular weight is 431 g/mol. The Balaban J connectivity index is 1.47. The van der Waals surface area contributed by atoms with Gasteiger partial charge in [-0.05, 0) is 54.4 Å². The van der Waals surface area contributed by atoms with Crippen LogP contribution in [0, 0.1) is 22.7 Å². The number of nitriles is 1. The van der Waals surface area contributed by atoms with Gasteiger partial charge in [0.25, 0.3) is 0 Å². The lowest BCUT2D eigenvalue weighted by Crippen LogP contribution is -2.26. The molecule has 1 aliphatic rings. The third kappa shape index (κ3) is 4.65. The molecule has 2 heterocycles. The number of benzene rings is 1. The van der Waals surface area contributed by atoms with E-state index in [9.17, 15) is 10.1 Å². The van der Waals surface area contributed by atoms with Crippen LogP contribution in [0.25, 0.3) is 17.4 Å². The van der Waals surface area contributed by atoms with Crippen LogP contribution in [0.3, 0.4) is 0 Å². The number of rotatable bonds is 4. The molecule has 1 amide bonds. The second-order valence-corrected chi connectivity index (χ2v) is 10.1. The fourth-order valence-corrected chi connectivity index (χ4v) is 5.32. The summed E-state index contributed by atoms with van der Waals surface area (Å²) in [5, 5.41) is 13.3. The van der Waals surface area contributed by atoms with E-state index in [4.69, 9.17) is 4.42 Å². The van der Waals surface area contributed by atoms with Crippen molar-refractivity contribution in [1.29, 1.82) is 5.26 Å². The number of carbonyl (C=O) groups excluding carboxylic acids is 1. The molecule has 0 saturated heterocycles. The molecule has 3 aromatic rings. The van der Waals surface area contributed by atoms with E-state index in [1.807, 2.05) is 42.5 Å². The number of thiophene rings is 1. The van der Waals surface area contributed by atoms with Crippen LogP contribution in [0.2, 0.25) is 0 Å². The van der Waals surface area contributed by atoms with Crippen LogP contribution in [-0.2, 0) is 17.6 Å². The molecule has 4 rings (SSSR count). The number of nitrogens with one attached hydrogen (secondary N) is 1. The second-order valence-electron chi connectivity index (χ2n) is 9.02. The van der Waals surface area contributed by atoms with Crippen molar-refractivity contribution in [2.45, 2.75) is 40.0 Å². The number of furan rings is 1. The van der Waals surface area contributed by atoms with Gasteiger partial charge in [-0.25, -0.2) is 0 Å². The minimum Gasteiger partial charge on any atom is -0.457 e. The highest BCUT2D eigenvalue weighted by atomic mass is 32.1. The molecule has 31 heavy (non-hydrogen) atoms. The predicted molar refractivity (Wildman–Crippen MR) is 126 cm³/mol. The van der Waals surface area contributed by atoms with Crippen molar-refractivity contribution in [2.24, 2.45) is 11.3 Å². The van der Waals surface area contributed by atoms with E-state index in [1.54, 1.807) is 17.4 Å². The number of fused-ring (bicyclic) bond motifs is 1. The maximum Gasteiger partial charge on any atom is 0.249 e. The monoisotopic (exact) mass is 430 g/mol. The van der Waals surface area contributed by atoms with Gasteiger partial charge in [0.15, 0.2) is 0 Å². The fraction of sp³-hybridized carbons (Fsp3) is 0.308. The fourth-order valence-electron chi connectivity index (χ4n) is 4.04. The van der Waals surface area contributed by atoms with Crippen molar-refractivity contribution in [3.8, 4) is 17.4 Å². The Hall–Kier alpha value is -3.10. The Bertz CT molecular complexity index is 1160. The van der Waals surface area contributed by atoms with Crippen LogP contribution in [-0.4, -0.2) is 5.91 Å². The highest BCUT2D eigenvalue weighted by Crippen LogP contribution is 2.44. The van der Waals surface area contributed by atoms with Crippen LogP contribution in [0.4, 0.5) is 5.00 Å². The standard InChI is InChI=1S/C26H26N2O2S/c1-26(2,3)18-9-12-20-21(16-27)25(31-23(20)15-18)28-24(29)14-11-19-10-13-22(30-19)17-7-5-4-6-8-17/h4-8,10-11,13-14,18H,9,12,15H2,1-3H3,(H,28,29)/b14-11+. The van der Waals surface area contributed by atoms with E-state index in [-0.39, 0.29) is 11.3 Å². The number of anilines is 1. The maximum absolute atomic E-state index is 12.5. The summed E-state index contributed by atoms with van der Waals surface area (Å²) in [4.78, 5) is 13.8. The highest BCUT2D eigenvalue weighted by molar-refractivity contribution is 7.16. The van der Waals surface area contributed by atoms with Crippen LogP contribution in [0.15, 0.2) is 53.0 Å². The normalized spacial score (nSPS) is 16.1. The first-order chi connectivity index (χ1) is 14.8. The molecule has 1 atom stereocenters. The van der Waals surface area contributed by atoms with E-state index >= 15 is 0 Å². The molecule has 1 N–H and O–H groups in total. The summed E-state index contributed by atoms with van der Waals surface area (Å²) in [6.45, 7) is 6.81. The van der Waals surface area contributed by atoms with E-state index in [0.717, 1.165) is 36.1 Å². The molecule has 0 radical (unpaired) electrons. The van der Waals surface area contributed by atoms with Crippen molar-refractivity contribution in [3.05, 3.63) is 70.3 Å². The molecular weight excluding hydrogens is 404 g/mol. The Morgan fingerprint density at radius 2 is 2.00 bits per heavy atom. The first-order valence-electron chi connectivity index (χ1n) is 10.5. The molecule has 158 valence electrons. The van der Waals surface area contributed by atoms with Gasteiger partial charge in [-0.1, -0.05) is 51.1 Å². The smallest absolute Gasteiger partial charge is 0.249 e. The molecule has 0 fully saturated rings. The lowest BCUT2D eigenvalue weighted by molar-refractivity contribution is -0.111. The zero-order chi connectivity index (χ0) is 22.0. The van der Waals surface area contributed by atoms with Crippen molar-refractivity contribution >= 4 is 28.3 Å². The summed E-state index contributed by atoms with van der Waals surface area (Å²) < 4.78 is 5.81. The van der Waals surface area contributed by atoms with Gasteiger partial charge in [-0.3, -0.25) is 4.79 Å². The Morgan fingerprint density at radius 3 is 2.71 bits per heavy atom. The largest absolute Gasteiger partial charge is 0.457 e. The van der Waals surface area contributed by atoms with E-state index in [1.165, 1.54) is 11.0 Å². The zero-order valence-corrected chi connectivity index (χ0v) is 18.9. The molecule has 0 bridgehead atoms. The van der Waals surface area contributed by atoms with Crippen molar-refractivity contribution in [1.82, 2.24) is 0 Å². The summed E-state index contributed by atoms with van der Waals surface area (Å²) in [6, 6.07) is 15.9. The van der Waals surface area contributed by atoms with Crippen molar-refractivity contribution in [2.75, 3.05) is 5.32 Å². The molecule has 5 heteroatoms. The van der Waals surface area contributed by atoms with Crippen LogP contribution in [0.5, 0.6) is 0 Å². The molecule has 2 aromatic heterocycles. The second kappa shape index (κ2) is 8.56. The van der Waals surface area contributed by atoms with Crippen molar-refractivity contribution in [3.63, 3.8) is 0 Å². The van der Waals surface area contributed by atoms with Crippen molar-refractivity contribution < 1.29 is 9.21 Å². The van der Waals surface area contributed by atoms with Gasteiger partial charge in [0.2, 0.25) is 5.91 Å². The van der Waals surface area contributed by atoms with E-state index < -0.39 is 0 Å².